The number of carboxylic acid groups (broad SMARTS) is 1. The van der Waals surface area contributed by atoms with Crippen LogP contribution in [0.15, 0.2) is 48.5 Å². The minimum Gasteiger partial charge on any atom is -0.481 e. The van der Waals surface area contributed by atoms with Gasteiger partial charge in [0.2, 0.25) is 0 Å². The third kappa shape index (κ3) is 2.40. The Balaban J connectivity index is 2.19. The third-order valence-corrected chi connectivity index (χ3v) is 4.27. The maximum Gasteiger partial charge on any atom is 0.313 e. The standard InChI is InChI=1S/C17H14N2O5/c1-18-15(10-5-4-6-11(9-10)19(23)24)14(17(21)22)12-7-2-3-8-13(12)16(18)20/h2-9,14-15H,1H3,(H,21,22)/t14-,15+/m1/s1. The molecule has 1 amide bonds. The van der Waals surface area contributed by atoms with Crippen LogP contribution in [0.5, 0.6) is 0 Å². The van der Waals surface area contributed by atoms with Gasteiger partial charge in [-0.1, -0.05) is 30.3 Å². The number of carboxylic acids is 1. The van der Waals surface area contributed by atoms with E-state index in [0.29, 0.717) is 16.7 Å². The van der Waals surface area contributed by atoms with Crippen LogP contribution in [0.1, 0.15) is 33.4 Å². The van der Waals surface area contributed by atoms with Crippen molar-refractivity contribution in [2.75, 3.05) is 7.05 Å². The molecule has 2 aromatic rings. The van der Waals surface area contributed by atoms with E-state index in [9.17, 15) is 24.8 Å². The van der Waals surface area contributed by atoms with Crippen molar-refractivity contribution in [3.63, 3.8) is 0 Å². The summed E-state index contributed by atoms with van der Waals surface area (Å²) in [6, 6.07) is 11.5. The quantitative estimate of drug-likeness (QED) is 0.690. The zero-order chi connectivity index (χ0) is 17.4. The molecular weight excluding hydrogens is 312 g/mol. The highest BCUT2D eigenvalue weighted by atomic mass is 16.6. The molecule has 2 aromatic carbocycles. The van der Waals surface area contributed by atoms with E-state index in [1.165, 1.54) is 30.1 Å². The van der Waals surface area contributed by atoms with Crippen LogP contribution in [-0.4, -0.2) is 33.9 Å². The molecule has 1 heterocycles. The van der Waals surface area contributed by atoms with E-state index in [4.69, 9.17) is 0 Å². The monoisotopic (exact) mass is 326 g/mol. The zero-order valence-electron chi connectivity index (χ0n) is 12.7. The van der Waals surface area contributed by atoms with Crippen LogP contribution in [0.25, 0.3) is 0 Å². The fourth-order valence-electron chi connectivity index (χ4n) is 3.18. The molecular formula is C17H14N2O5. The number of fused-ring (bicyclic) bond motifs is 1. The molecule has 1 N–H and O–H groups in total. The number of carbonyl (C=O) groups excluding carboxylic acids is 1. The fraction of sp³-hybridized carbons (Fsp3) is 0.176. The molecule has 0 unspecified atom stereocenters. The van der Waals surface area contributed by atoms with Gasteiger partial charge in [-0.05, 0) is 17.2 Å². The summed E-state index contributed by atoms with van der Waals surface area (Å²) in [4.78, 5) is 36.3. The van der Waals surface area contributed by atoms with E-state index in [-0.39, 0.29) is 11.6 Å². The SMILES string of the molecule is CN1C(=O)c2ccccc2[C@@H](C(=O)O)[C@@H]1c1cccc([N+](=O)[O-])c1. The van der Waals surface area contributed by atoms with Gasteiger partial charge in [-0.15, -0.1) is 0 Å². The molecule has 0 saturated carbocycles. The number of carbonyl (C=O) groups is 2. The van der Waals surface area contributed by atoms with Gasteiger partial charge in [0.1, 0.15) is 5.92 Å². The first kappa shape index (κ1) is 15.7. The van der Waals surface area contributed by atoms with Crippen molar-refractivity contribution in [3.05, 3.63) is 75.3 Å². The number of likely N-dealkylation sites (N-methyl/N-ethyl adjacent to an activating group) is 1. The van der Waals surface area contributed by atoms with E-state index in [1.807, 2.05) is 0 Å². The van der Waals surface area contributed by atoms with Crippen molar-refractivity contribution < 1.29 is 19.6 Å². The zero-order valence-corrected chi connectivity index (χ0v) is 12.7. The van der Waals surface area contributed by atoms with Crippen LogP contribution in [0.4, 0.5) is 5.69 Å². The number of nitro groups is 1. The Morgan fingerprint density at radius 1 is 1.21 bits per heavy atom. The summed E-state index contributed by atoms with van der Waals surface area (Å²) in [6.45, 7) is 0. The predicted molar refractivity (Wildman–Crippen MR) is 84.7 cm³/mol. The maximum atomic E-state index is 12.6. The summed E-state index contributed by atoms with van der Waals surface area (Å²) in [5.41, 5.74) is 1.04. The average Bonchev–Trinajstić information content (AvgIpc) is 2.57. The molecule has 2 atom stereocenters. The number of non-ortho nitro benzene ring substituents is 1. The summed E-state index contributed by atoms with van der Waals surface area (Å²) in [5.74, 6) is -2.39. The van der Waals surface area contributed by atoms with Crippen LogP contribution in [0.3, 0.4) is 0 Å². The van der Waals surface area contributed by atoms with Crippen LogP contribution in [0.2, 0.25) is 0 Å². The van der Waals surface area contributed by atoms with Gasteiger partial charge < -0.3 is 10.0 Å². The highest BCUT2D eigenvalue weighted by molar-refractivity contribution is 6.00. The molecule has 7 nitrogen and oxygen atoms in total. The van der Waals surface area contributed by atoms with Crippen molar-refractivity contribution in [3.8, 4) is 0 Å². The summed E-state index contributed by atoms with van der Waals surface area (Å²) in [5, 5.41) is 20.7. The van der Waals surface area contributed by atoms with Gasteiger partial charge in [0.05, 0.1) is 11.0 Å². The molecule has 1 aliphatic rings. The molecule has 0 spiro atoms. The normalized spacial score (nSPS) is 19.7. The van der Waals surface area contributed by atoms with E-state index in [2.05, 4.69) is 0 Å². The first-order chi connectivity index (χ1) is 11.4. The number of nitro benzene ring substituents is 1. The maximum absolute atomic E-state index is 12.6. The van der Waals surface area contributed by atoms with Crippen molar-refractivity contribution in [2.24, 2.45) is 0 Å². The number of aliphatic carboxylic acids is 1. The third-order valence-electron chi connectivity index (χ3n) is 4.27. The fourth-order valence-corrected chi connectivity index (χ4v) is 3.18. The Labute approximate surface area is 137 Å². The molecule has 0 fully saturated rings. The number of nitrogens with zero attached hydrogens (tertiary/aromatic N) is 2. The molecule has 0 aliphatic carbocycles. The molecule has 0 radical (unpaired) electrons. The van der Waals surface area contributed by atoms with Crippen LogP contribution in [-0.2, 0) is 4.79 Å². The summed E-state index contributed by atoms with van der Waals surface area (Å²) in [6.07, 6.45) is 0. The van der Waals surface area contributed by atoms with Gasteiger partial charge >= 0.3 is 5.97 Å². The Kier molecular flexibility index (Phi) is 3.76. The largest absolute Gasteiger partial charge is 0.481 e. The summed E-state index contributed by atoms with van der Waals surface area (Å²) >= 11 is 0. The Bertz CT molecular complexity index is 848. The second kappa shape index (κ2) is 5.77. The van der Waals surface area contributed by atoms with Crippen molar-refractivity contribution >= 4 is 17.6 Å². The Morgan fingerprint density at radius 3 is 2.58 bits per heavy atom. The van der Waals surface area contributed by atoms with E-state index in [1.54, 1.807) is 30.3 Å². The lowest BCUT2D eigenvalue weighted by Crippen LogP contribution is -2.42. The highest BCUT2D eigenvalue weighted by Crippen LogP contribution is 2.42. The number of hydrogen-bond donors (Lipinski definition) is 1. The lowest BCUT2D eigenvalue weighted by atomic mass is 9.80. The molecule has 0 saturated heterocycles. The van der Waals surface area contributed by atoms with Gasteiger partial charge in [-0.3, -0.25) is 19.7 Å². The molecule has 3 rings (SSSR count). The number of rotatable bonds is 3. The van der Waals surface area contributed by atoms with Gasteiger partial charge in [0.25, 0.3) is 11.6 Å². The minimum atomic E-state index is -1.08. The molecule has 0 bridgehead atoms. The smallest absolute Gasteiger partial charge is 0.313 e. The first-order valence-electron chi connectivity index (χ1n) is 7.25. The van der Waals surface area contributed by atoms with Gasteiger partial charge in [-0.2, -0.15) is 0 Å². The number of benzene rings is 2. The van der Waals surface area contributed by atoms with Crippen LogP contribution in [0, 0.1) is 10.1 Å². The molecule has 1 aliphatic heterocycles. The Morgan fingerprint density at radius 2 is 1.92 bits per heavy atom. The second-order valence-electron chi connectivity index (χ2n) is 5.62. The average molecular weight is 326 g/mol. The molecule has 7 heteroatoms. The first-order valence-corrected chi connectivity index (χ1v) is 7.25. The van der Waals surface area contributed by atoms with Crippen molar-refractivity contribution in [2.45, 2.75) is 12.0 Å². The predicted octanol–water partition coefficient (Wildman–Crippen LogP) is 2.59. The number of amides is 1. The van der Waals surface area contributed by atoms with E-state index >= 15 is 0 Å². The van der Waals surface area contributed by atoms with E-state index < -0.39 is 22.9 Å². The summed E-state index contributed by atoms with van der Waals surface area (Å²) < 4.78 is 0. The van der Waals surface area contributed by atoms with E-state index in [0.717, 1.165) is 0 Å². The lowest BCUT2D eigenvalue weighted by molar-refractivity contribution is -0.385. The van der Waals surface area contributed by atoms with Gasteiger partial charge in [0.15, 0.2) is 0 Å². The van der Waals surface area contributed by atoms with Crippen LogP contribution < -0.4 is 0 Å². The topological polar surface area (TPSA) is 101 Å². The van der Waals surface area contributed by atoms with Gasteiger partial charge in [-0.25, -0.2) is 0 Å². The Hall–Kier alpha value is -3.22. The second-order valence-corrected chi connectivity index (χ2v) is 5.62. The molecule has 122 valence electrons. The minimum absolute atomic E-state index is 0.142. The van der Waals surface area contributed by atoms with Gasteiger partial charge in [0, 0.05) is 24.7 Å². The lowest BCUT2D eigenvalue weighted by Gasteiger charge is -2.38. The highest BCUT2D eigenvalue weighted by Gasteiger charge is 2.42. The molecule has 24 heavy (non-hydrogen) atoms. The van der Waals surface area contributed by atoms with Crippen molar-refractivity contribution in [1.29, 1.82) is 0 Å². The van der Waals surface area contributed by atoms with Crippen LogP contribution >= 0.6 is 0 Å². The molecule has 0 aromatic heterocycles. The number of hydrogen-bond acceptors (Lipinski definition) is 4. The van der Waals surface area contributed by atoms with Crippen molar-refractivity contribution in [1.82, 2.24) is 4.90 Å². The summed E-state index contributed by atoms with van der Waals surface area (Å²) in [7, 11) is 1.51.